The minimum Gasteiger partial charge on any atom is -0.279 e. The van der Waals surface area contributed by atoms with Gasteiger partial charge in [0.1, 0.15) is 10.6 Å². The lowest BCUT2D eigenvalue weighted by Crippen LogP contribution is -2.14. The number of nitrogens with zero attached hydrogens (tertiary/aromatic N) is 2. The van der Waals surface area contributed by atoms with Gasteiger partial charge in [-0.2, -0.15) is 5.10 Å². The van der Waals surface area contributed by atoms with Crippen molar-refractivity contribution >= 4 is 15.7 Å². The monoisotopic (exact) mass is 395 g/mol. The largest absolute Gasteiger partial charge is 0.279 e. The van der Waals surface area contributed by atoms with Crippen LogP contribution in [0.25, 0.3) is 11.3 Å². The van der Waals surface area contributed by atoms with Gasteiger partial charge in [0.15, 0.2) is 0 Å². The van der Waals surface area contributed by atoms with Crippen LogP contribution in [0.15, 0.2) is 59.6 Å². The highest BCUT2D eigenvalue weighted by Crippen LogP contribution is 2.34. The summed E-state index contributed by atoms with van der Waals surface area (Å²) >= 11 is 0. The molecule has 0 unspecified atom stereocenters. The molecule has 0 saturated heterocycles. The fraction of sp³-hybridized carbons (Fsp3) is 0.318. The Kier molecular flexibility index (Phi) is 4.98. The number of anilines is 1. The SMILES string of the molecule is Cc1cccc(NS(=O)(=O)c2cn(C3CCCC3)nc2-c2ccccc2)c1C. The van der Waals surface area contributed by atoms with Crippen molar-refractivity contribution in [3.63, 3.8) is 0 Å². The second-order valence-corrected chi connectivity index (χ2v) is 9.13. The molecule has 28 heavy (non-hydrogen) atoms. The molecule has 0 radical (unpaired) electrons. The molecule has 1 aliphatic carbocycles. The van der Waals surface area contributed by atoms with Gasteiger partial charge in [0, 0.05) is 11.8 Å². The molecule has 0 atom stereocenters. The molecule has 0 amide bonds. The van der Waals surface area contributed by atoms with Crippen LogP contribution in [0.5, 0.6) is 0 Å². The first-order chi connectivity index (χ1) is 13.5. The van der Waals surface area contributed by atoms with Gasteiger partial charge in [-0.05, 0) is 43.9 Å². The van der Waals surface area contributed by atoms with Crippen LogP contribution >= 0.6 is 0 Å². The normalized spacial score (nSPS) is 15.1. The van der Waals surface area contributed by atoms with Crippen molar-refractivity contribution in [2.45, 2.75) is 50.5 Å². The van der Waals surface area contributed by atoms with Crippen molar-refractivity contribution in [1.29, 1.82) is 0 Å². The Hall–Kier alpha value is -2.60. The zero-order chi connectivity index (χ0) is 19.7. The van der Waals surface area contributed by atoms with Crippen molar-refractivity contribution < 1.29 is 8.42 Å². The van der Waals surface area contributed by atoms with Crippen LogP contribution in [0.4, 0.5) is 5.69 Å². The molecule has 6 heteroatoms. The van der Waals surface area contributed by atoms with Crippen LogP contribution < -0.4 is 4.72 Å². The molecule has 1 fully saturated rings. The number of sulfonamides is 1. The third-order valence-corrected chi connectivity index (χ3v) is 6.95. The van der Waals surface area contributed by atoms with Gasteiger partial charge in [-0.1, -0.05) is 55.3 Å². The van der Waals surface area contributed by atoms with Crippen LogP contribution in [0.3, 0.4) is 0 Å². The molecule has 146 valence electrons. The molecule has 1 heterocycles. The highest BCUT2D eigenvalue weighted by atomic mass is 32.2. The topological polar surface area (TPSA) is 64.0 Å². The number of rotatable bonds is 5. The highest BCUT2D eigenvalue weighted by Gasteiger charge is 2.27. The molecule has 1 aromatic heterocycles. The first-order valence-electron chi connectivity index (χ1n) is 9.69. The van der Waals surface area contributed by atoms with Crippen molar-refractivity contribution in [1.82, 2.24) is 9.78 Å². The van der Waals surface area contributed by atoms with Gasteiger partial charge in [-0.15, -0.1) is 0 Å². The van der Waals surface area contributed by atoms with Gasteiger partial charge in [0.2, 0.25) is 0 Å². The van der Waals surface area contributed by atoms with Gasteiger partial charge < -0.3 is 0 Å². The Labute approximate surface area is 166 Å². The smallest absolute Gasteiger partial charge is 0.265 e. The van der Waals surface area contributed by atoms with Crippen molar-refractivity contribution in [3.8, 4) is 11.3 Å². The van der Waals surface area contributed by atoms with E-state index >= 15 is 0 Å². The predicted molar refractivity (Wildman–Crippen MR) is 112 cm³/mol. The first-order valence-corrected chi connectivity index (χ1v) is 11.2. The lowest BCUT2D eigenvalue weighted by Gasteiger charge is -2.12. The van der Waals surface area contributed by atoms with E-state index < -0.39 is 10.0 Å². The van der Waals surface area contributed by atoms with Crippen LogP contribution in [0, 0.1) is 13.8 Å². The zero-order valence-electron chi connectivity index (χ0n) is 16.2. The number of benzene rings is 2. The minimum atomic E-state index is -3.77. The molecule has 1 N–H and O–H groups in total. The van der Waals surface area contributed by atoms with Crippen molar-refractivity contribution in [2.24, 2.45) is 0 Å². The number of aryl methyl sites for hydroxylation is 1. The Bertz CT molecular complexity index is 1080. The van der Waals surface area contributed by atoms with Crippen molar-refractivity contribution in [3.05, 3.63) is 65.9 Å². The summed E-state index contributed by atoms with van der Waals surface area (Å²) in [4.78, 5) is 0.228. The molecule has 0 spiro atoms. The summed E-state index contributed by atoms with van der Waals surface area (Å²) in [5.41, 5.74) is 3.89. The lowest BCUT2D eigenvalue weighted by molar-refractivity contribution is 0.467. The summed E-state index contributed by atoms with van der Waals surface area (Å²) in [6, 6.07) is 15.4. The highest BCUT2D eigenvalue weighted by molar-refractivity contribution is 7.92. The third-order valence-electron chi connectivity index (χ3n) is 5.58. The fourth-order valence-electron chi connectivity index (χ4n) is 3.78. The molecule has 2 aromatic carbocycles. The Morgan fingerprint density at radius 1 is 1.00 bits per heavy atom. The van der Waals surface area contributed by atoms with Crippen LogP contribution in [0.2, 0.25) is 0 Å². The summed E-state index contributed by atoms with van der Waals surface area (Å²) in [6.07, 6.45) is 6.10. The van der Waals surface area contributed by atoms with Crippen LogP contribution in [-0.2, 0) is 10.0 Å². The molecule has 3 aromatic rings. The van der Waals surface area contributed by atoms with E-state index in [1.807, 2.05) is 61.0 Å². The van der Waals surface area contributed by atoms with E-state index in [1.54, 1.807) is 12.3 Å². The average molecular weight is 396 g/mol. The Morgan fingerprint density at radius 2 is 1.71 bits per heavy atom. The fourth-order valence-corrected chi connectivity index (χ4v) is 5.07. The molecule has 0 bridgehead atoms. The van der Waals surface area contributed by atoms with Crippen LogP contribution in [-0.4, -0.2) is 18.2 Å². The molecule has 5 nitrogen and oxygen atoms in total. The lowest BCUT2D eigenvalue weighted by atomic mass is 10.1. The number of aromatic nitrogens is 2. The maximum Gasteiger partial charge on any atom is 0.265 e. The quantitative estimate of drug-likeness (QED) is 0.655. The van der Waals surface area contributed by atoms with E-state index in [9.17, 15) is 8.42 Å². The van der Waals surface area contributed by atoms with E-state index in [0.29, 0.717) is 11.4 Å². The maximum absolute atomic E-state index is 13.3. The molecule has 4 rings (SSSR count). The second kappa shape index (κ2) is 7.43. The summed E-state index contributed by atoms with van der Waals surface area (Å²) in [5, 5.41) is 4.71. The summed E-state index contributed by atoms with van der Waals surface area (Å²) < 4.78 is 31.3. The van der Waals surface area contributed by atoms with Gasteiger partial charge in [-0.3, -0.25) is 9.40 Å². The summed E-state index contributed by atoms with van der Waals surface area (Å²) in [6.45, 7) is 3.90. The summed E-state index contributed by atoms with van der Waals surface area (Å²) in [7, 11) is -3.77. The molecule has 1 saturated carbocycles. The minimum absolute atomic E-state index is 0.228. The van der Waals surface area contributed by atoms with E-state index in [0.717, 1.165) is 42.4 Å². The summed E-state index contributed by atoms with van der Waals surface area (Å²) in [5.74, 6) is 0. The number of hydrogen-bond acceptors (Lipinski definition) is 3. The third kappa shape index (κ3) is 3.56. The van der Waals surface area contributed by atoms with Crippen LogP contribution in [0.1, 0.15) is 42.9 Å². The zero-order valence-corrected chi connectivity index (χ0v) is 17.0. The first kappa shape index (κ1) is 18.7. The van der Waals surface area contributed by atoms with E-state index in [4.69, 9.17) is 5.10 Å². The number of hydrogen-bond donors (Lipinski definition) is 1. The average Bonchev–Trinajstić information content (AvgIpc) is 3.36. The van der Waals surface area contributed by atoms with Gasteiger partial charge in [0.25, 0.3) is 10.0 Å². The Balaban J connectivity index is 1.79. The standard InChI is InChI=1S/C22H25N3O2S/c1-16-9-8-14-20(17(16)2)24-28(26,27)21-15-25(19-12-6-7-13-19)23-22(21)18-10-4-3-5-11-18/h3-5,8-11,14-15,19,24H,6-7,12-13H2,1-2H3. The predicted octanol–water partition coefficient (Wildman–Crippen LogP) is 5.08. The molecule has 1 aliphatic rings. The second-order valence-electron chi connectivity index (χ2n) is 7.48. The van der Waals surface area contributed by atoms with E-state index in [1.165, 1.54) is 0 Å². The number of nitrogens with one attached hydrogen (secondary N) is 1. The van der Waals surface area contributed by atoms with Gasteiger partial charge in [-0.25, -0.2) is 8.42 Å². The van der Waals surface area contributed by atoms with Crippen molar-refractivity contribution in [2.75, 3.05) is 4.72 Å². The van der Waals surface area contributed by atoms with Gasteiger partial charge in [0.05, 0.1) is 11.7 Å². The maximum atomic E-state index is 13.3. The van der Waals surface area contributed by atoms with E-state index in [2.05, 4.69) is 4.72 Å². The molecular weight excluding hydrogens is 370 g/mol. The molecule has 0 aliphatic heterocycles. The van der Waals surface area contributed by atoms with E-state index in [-0.39, 0.29) is 10.9 Å². The molecular formula is C22H25N3O2S. The van der Waals surface area contributed by atoms with Gasteiger partial charge >= 0.3 is 0 Å². The Morgan fingerprint density at radius 3 is 2.43 bits per heavy atom.